The summed E-state index contributed by atoms with van der Waals surface area (Å²) in [6.07, 6.45) is 1.21. The van der Waals surface area contributed by atoms with E-state index in [2.05, 4.69) is 44.3 Å². The van der Waals surface area contributed by atoms with Crippen molar-refractivity contribution in [2.45, 2.75) is 27.2 Å². The van der Waals surface area contributed by atoms with Crippen molar-refractivity contribution in [3.8, 4) is 0 Å². The number of aryl methyl sites for hydroxylation is 2. The van der Waals surface area contributed by atoms with Crippen molar-refractivity contribution in [2.75, 3.05) is 13.1 Å². The highest BCUT2D eigenvalue weighted by Crippen LogP contribution is 2.27. The van der Waals surface area contributed by atoms with Gasteiger partial charge in [-0.15, -0.1) is 0 Å². The average molecular weight is 189 g/mol. The van der Waals surface area contributed by atoms with Gasteiger partial charge in [0.15, 0.2) is 0 Å². The molecule has 0 saturated carbocycles. The average Bonchev–Trinajstić information content (AvgIpc) is 1.99. The van der Waals surface area contributed by atoms with Crippen LogP contribution in [0.3, 0.4) is 0 Å². The third-order valence-corrected chi connectivity index (χ3v) is 3.02. The molecule has 1 heteroatoms. The molecule has 1 nitrogen and oxygen atoms in total. The molecule has 0 atom stereocenters. The van der Waals surface area contributed by atoms with Gasteiger partial charge in [0.25, 0.3) is 0 Å². The summed E-state index contributed by atoms with van der Waals surface area (Å²) in [4.78, 5) is 0. The lowest BCUT2D eigenvalue weighted by Gasteiger charge is -2.39. The van der Waals surface area contributed by atoms with Gasteiger partial charge in [-0.2, -0.15) is 0 Å². The van der Waals surface area contributed by atoms with E-state index in [1.165, 1.54) is 36.2 Å². The Labute approximate surface area is 86.5 Å². The molecule has 0 radical (unpaired) electrons. The van der Waals surface area contributed by atoms with Crippen molar-refractivity contribution < 1.29 is 0 Å². The number of rotatable bonds is 2. The first-order valence-electron chi connectivity index (χ1n) is 5.35. The fourth-order valence-electron chi connectivity index (χ4n) is 2.34. The Morgan fingerprint density at radius 1 is 1.14 bits per heavy atom. The largest absolute Gasteiger partial charge is 0.316 e. The Morgan fingerprint density at radius 2 is 1.71 bits per heavy atom. The molecule has 1 aromatic carbocycles. The van der Waals surface area contributed by atoms with Crippen LogP contribution in [0, 0.1) is 19.3 Å². The first-order valence-corrected chi connectivity index (χ1v) is 5.35. The molecule has 0 aliphatic carbocycles. The Hall–Kier alpha value is -0.820. The zero-order chi connectivity index (χ0) is 10.2. The van der Waals surface area contributed by atoms with Crippen LogP contribution < -0.4 is 5.32 Å². The number of benzene rings is 1. The van der Waals surface area contributed by atoms with E-state index in [0.717, 1.165) is 0 Å². The Morgan fingerprint density at radius 3 is 2.14 bits per heavy atom. The van der Waals surface area contributed by atoms with Crippen LogP contribution in [0.1, 0.15) is 23.6 Å². The predicted octanol–water partition coefficient (Wildman–Crippen LogP) is 2.46. The molecule has 1 fully saturated rings. The van der Waals surface area contributed by atoms with Crippen LogP contribution in [0.25, 0.3) is 0 Å². The SMILES string of the molecule is Cc1cc(C)cc(CC2(C)CNC2)c1. The number of hydrogen-bond acceptors (Lipinski definition) is 1. The summed E-state index contributed by atoms with van der Waals surface area (Å²) in [5.74, 6) is 0. The lowest BCUT2D eigenvalue weighted by Crippen LogP contribution is -2.52. The first kappa shape index (κ1) is 9.72. The van der Waals surface area contributed by atoms with Crippen LogP contribution in [0.4, 0.5) is 0 Å². The van der Waals surface area contributed by atoms with Gasteiger partial charge in [0.05, 0.1) is 0 Å². The van der Waals surface area contributed by atoms with E-state index < -0.39 is 0 Å². The third kappa shape index (κ3) is 1.98. The van der Waals surface area contributed by atoms with Crippen molar-refractivity contribution in [2.24, 2.45) is 5.41 Å². The minimum Gasteiger partial charge on any atom is -0.316 e. The van der Waals surface area contributed by atoms with E-state index in [4.69, 9.17) is 0 Å². The molecule has 1 aliphatic heterocycles. The van der Waals surface area contributed by atoms with Crippen molar-refractivity contribution in [3.05, 3.63) is 34.9 Å². The van der Waals surface area contributed by atoms with Gasteiger partial charge in [-0.25, -0.2) is 0 Å². The molecule has 1 saturated heterocycles. The molecule has 0 unspecified atom stereocenters. The van der Waals surface area contributed by atoms with Crippen LogP contribution in [0.2, 0.25) is 0 Å². The van der Waals surface area contributed by atoms with Crippen LogP contribution >= 0.6 is 0 Å². The van der Waals surface area contributed by atoms with Crippen molar-refractivity contribution in [1.29, 1.82) is 0 Å². The number of hydrogen-bond donors (Lipinski definition) is 1. The van der Waals surface area contributed by atoms with Crippen LogP contribution in [-0.2, 0) is 6.42 Å². The monoisotopic (exact) mass is 189 g/mol. The standard InChI is InChI=1S/C13H19N/c1-10-4-11(2)6-12(5-10)7-13(3)8-14-9-13/h4-6,14H,7-9H2,1-3H3. The van der Waals surface area contributed by atoms with E-state index in [1.54, 1.807) is 0 Å². The summed E-state index contributed by atoms with van der Waals surface area (Å²) in [6.45, 7) is 9.05. The lowest BCUT2D eigenvalue weighted by atomic mass is 9.78. The van der Waals surface area contributed by atoms with Gasteiger partial charge in [0, 0.05) is 13.1 Å². The van der Waals surface area contributed by atoms with E-state index in [-0.39, 0.29) is 0 Å². The molecule has 0 aromatic heterocycles. The van der Waals surface area contributed by atoms with Crippen LogP contribution in [0.5, 0.6) is 0 Å². The van der Waals surface area contributed by atoms with Crippen molar-refractivity contribution in [1.82, 2.24) is 5.32 Å². The van der Waals surface area contributed by atoms with E-state index in [9.17, 15) is 0 Å². The van der Waals surface area contributed by atoms with Gasteiger partial charge in [0.2, 0.25) is 0 Å². The molecular formula is C13H19N. The molecule has 1 heterocycles. The maximum absolute atomic E-state index is 3.35. The Kier molecular flexibility index (Phi) is 2.36. The van der Waals surface area contributed by atoms with E-state index in [1.807, 2.05) is 0 Å². The van der Waals surface area contributed by atoms with Crippen LogP contribution in [0.15, 0.2) is 18.2 Å². The van der Waals surface area contributed by atoms with Gasteiger partial charge in [-0.1, -0.05) is 36.2 Å². The van der Waals surface area contributed by atoms with Gasteiger partial charge >= 0.3 is 0 Å². The summed E-state index contributed by atoms with van der Waals surface area (Å²) in [6, 6.07) is 6.87. The molecular weight excluding hydrogens is 170 g/mol. The third-order valence-electron chi connectivity index (χ3n) is 3.02. The highest BCUT2D eigenvalue weighted by Gasteiger charge is 2.31. The van der Waals surface area contributed by atoms with Gasteiger partial charge in [-0.3, -0.25) is 0 Å². The molecule has 1 N–H and O–H groups in total. The first-order chi connectivity index (χ1) is 6.57. The van der Waals surface area contributed by atoms with Crippen molar-refractivity contribution in [3.63, 3.8) is 0 Å². The van der Waals surface area contributed by atoms with Crippen molar-refractivity contribution >= 4 is 0 Å². The fourth-order valence-corrected chi connectivity index (χ4v) is 2.34. The summed E-state index contributed by atoms with van der Waals surface area (Å²) in [5.41, 5.74) is 4.76. The summed E-state index contributed by atoms with van der Waals surface area (Å²) >= 11 is 0. The highest BCUT2D eigenvalue weighted by molar-refractivity contribution is 5.29. The summed E-state index contributed by atoms with van der Waals surface area (Å²) in [7, 11) is 0. The Balaban J connectivity index is 2.16. The number of nitrogens with one attached hydrogen (secondary N) is 1. The Bertz CT molecular complexity index is 317. The van der Waals surface area contributed by atoms with E-state index in [0.29, 0.717) is 5.41 Å². The summed E-state index contributed by atoms with van der Waals surface area (Å²) < 4.78 is 0. The maximum atomic E-state index is 3.35. The van der Waals surface area contributed by atoms with Gasteiger partial charge in [0.1, 0.15) is 0 Å². The smallest absolute Gasteiger partial charge is 0.00208 e. The highest BCUT2D eigenvalue weighted by atomic mass is 15.0. The van der Waals surface area contributed by atoms with Gasteiger partial charge < -0.3 is 5.32 Å². The second-order valence-electron chi connectivity index (χ2n) is 5.09. The lowest BCUT2D eigenvalue weighted by molar-refractivity contribution is 0.195. The second kappa shape index (κ2) is 3.39. The topological polar surface area (TPSA) is 12.0 Å². The van der Waals surface area contributed by atoms with Gasteiger partial charge in [-0.05, 0) is 31.2 Å². The quantitative estimate of drug-likeness (QED) is 0.753. The molecule has 14 heavy (non-hydrogen) atoms. The zero-order valence-electron chi connectivity index (χ0n) is 9.35. The summed E-state index contributed by atoms with van der Waals surface area (Å²) in [5, 5.41) is 3.35. The molecule has 1 aromatic rings. The second-order valence-corrected chi connectivity index (χ2v) is 5.09. The normalized spacial score (nSPS) is 19.1. The molecule has 0 amide bonds. The molecule has 2 rings (SSSR count). The minimum atomic E-state index is 0.500. The maximum Gasteiger partial charge on any atom is 0.00208 e. The fraction of sp³-hybridized carbons (Fsp3) is 0.538. The van der Waals surface area contributed by atoms with E-state index >= 15 is 0 Å². The molecule has 1 aliphatic rings. The van der Waals surface area contributed by atoms with Crippen LogP contribution in [-0.4, -0.2) is 13.1 Å². The predicted molar refractivity (Wildman–Crippen MR) is 60.6 cm³/mol. The molecule has 0 bridgehead atoms. The minimum absolute atomic E-state index is 0.500. The molecule has 0 spiro atoms. The zero-order valence-corrected chi connectivity index (χ0v) is 9.35. The molecule has 76 valence electrons.